The smallest absolute Gasteiger partial charge is 0.414 e. The summed E-state index contributed by atoms with van der Waals surface area (Å²) in [5.41, 5.74) is 5.54. The average Bonchev–Trinajstić information content (AvgIpc) is 2.85. The van der Waals surface area contributed by atoms with Crippen LogP contribution in [0.25, 0.3) is 0 Å². The molecule has 0 spiro atoms. The number of likely N-dealkylation sites (tertiary alicyclic amines) is 1. The van der Waals surface area contributed by atoms with Gasteiger partial charge in [-0.25, -0.2) is 14.7 Å². The van der Waals surface area contributed by atoms with E-state index < -0.39 is 23.9 Å². The van der Waals surface area contributed by atoms with Crippen LogP contribution < -0.4 is 11.1 Å². The summed E-state index contributed by atoms with van der Waals surface area (Å²) in [6.45, 7) is -0.112. The minimum absolute atomic E-state index is 0.112. The molecule has 3 amide bonds. The molecule has 4 N–H and O–H groups in total. The van der Waals surface area contributed by atoms with Crippen LogP contribution in [-0.2, 0) is 14.4 Å². The lowest BCUT2D eigenvalue weighted by atomic mass is 10.1. The molecular weight excluding hydrogens is 302 g/mol. The fourth-order valence-corrected chi connectivity index (χ4v) is 2.17. The molecule has 1 aliphatic rings. The second kappa shape index (κ2) is 5.75. The molecule has 2 rings (SSSR count). The van der Waals surface area contributed by atoms with Crippen molar-refractivity contribution in [1.82, 2.24) is 15.2 Å². The number of thiazole rings is 1. The number of nitrogen functional groups attached to an aromatic ring is 1. The highest BCUT2D eigenvalue weighted by Gasteiger charge is 2.42. The standard InChI is InChI=1S/C10H11N5O5S/c1-20-14-6(5-3-21-9(11)13-5)7(16)12-4-2-15(8(4)17)10(18)19/h3-4H,2H2,1H3,(H2,11,13)(H,12,16)(H,18,19)/b14-6-/t4-/m0/s1. The van der Waals surface area contributed by atoms with Crippen molar-refractivity contribution in [3.05, 3.63) is 11.1 Å². The minimum atomic E-state index is -1.36. The molecule has 112 valence electrons. The third-order valence-corrected chi connectivity index (χ3v) is 3.30. The number of carbonyl (C=O) groups excluding carboxylic acids is 2. The van der Waals surface area contributed by atoms with E-state index in [1.807, 2.05) is 0 Å². The number of hydrogen-bond acceptors (Lipinski definition) is 8. The van der Waals surface area contributed by atoms with Crippen LogP contribution in [0.5, 0.6) is 0 Å². The molecule has 0 radical (unpaired) electrons. The van der Waals surface area contributed by atoms with E-state index in [9.17, 15) is 14.4 Å². The molecule has 0 saturated carbocycles. The van der Waals surface area contributed by atoms with Crippen LogP contribution in [0, 0.1) is 0 Å². The number of nitrogens with one attached hydrogen (secondary N) is 1. The number of carbonyl (C=O) groups is 3. The monoisotopic (exact) mass is 313 g/mol. The molecule has 21 heavy (non-hydrogen) atoms. The Hall–Kier alpha value is -2.69. The molecule has 2 heterocycles. The molecule has 1 aromatic rings. The summed E-state index contributed by atoms with van der Waals surface area (Å²) in [7, 11) is 1.25. The second-order valence-electron chi connectivity index (χ2n) is 3.95. The predicted octanol–water partition coefficient (Wildman–Crippen LogP) is -0.919. The number of rotatable bonds is 4. The van der Waals surface area contributed by atoms with Gasteiger partial charge in [-0.15, -0.1) is 11.3 Å². The number of nitrogens with two attached hydrogens (primary N) is 1. The third kappa shape index (κ3) is 2.91. The summed E-state index contributed by atoms with van der Waals surface area (Å²) in [4.78, 5) is 43.2. The number of hydrogen-bond donors (Lipinski definition) is 3. The van der Waals surface area contributed by atoms with Crippen LogP contribution in [0.2, 0.25) is 0 Å². The topological polar surface area (TPSA) is 147 Å². The highest BCUT2D eigenvalue weighted by Crippen LogP contribution is 2.14. The van der Waals surface area contributed by atoms with Gasteiger partial charge in [0.2, 0.25) is 0 Å². The zero-order valence-electron chi connectivity index (χ0n) is 10.8. The lowest BCUT2D eigenvalue weighted by molar-refractivity contribution is -0.142. The third-order valence-electron chi connectivity index (χ3n) is 2.63. The second-order valence-corrected chi connectivity index (χ2v) is 4.84. The summed E-state index contributed by atoms with van der Waals surface area (Å²) >= 11 is 1.12. The highest BCUT2D eigenvalue weighted by molar-refractivity contribution is 7.13. The molecule has 0 aromatic carbocycles. The van der Waals surface area contributed by atoms with Crippen LogP contribution in [-0.4, -0.2) is 58.3 Å². The van der Waals surface area contributed by atoms with Crippen LogP contribution in [0.4, 0.5) is 9.93 Å². The van der Waals surface area contributed by atoms with Gasteiger partial charge in [0.05, 0.1) is 6.54 Å². The molecule has 0 bridgehead atoms. The van der Waals surface area contributed by atoms with Crippen molar-refractivity contribution in [1.29, 1.82) is 0 Å². The van der Waals surface area contributed by atoms with E-state index >= 15 is 0 Å². The number of anilines is 1. The van der Waals surface area contributed by atoms with Gasteiger partial charge in [0.1, 0.15) is 18.8 Å². The van der Waals surface area contributed by atoms with Crippen molar-refractivity contribution in [2.24, 2.45) is 5.16 Å². The van der Waals surface area contributed by atoms with E-state index in [2.05, 4.69) is 20.3 Å². The average molecular weight is 313 g/mol. The molecule has 11 heteroatoms. The van der Waals surface area contributed by atoms with Crippen molar-refractivity contribution in [3.8, 4) is 0 Å². The number of carboxylic acid groups (broad SMARTS) is 1. The Morgan fingerprint density at radius 3 is 2.86 bits per heavy atom. The van der Waals surface area contributed by atoms with Crippen molar-refractivity contribution < 1.29 is 24.3 Å². The first-order valence-corrected chi connectivity index (χ1v) is 6.49. The van der Waals surface area contributed by atoms with Gasteiger partial charge in [-0.3, -0.25) is 9.59 Å². The Bertz CT molecular complexity index is 627. The van der Waals surface area contributed by atoms with Crippen LogP contribution in [0.1, 0.15) is 5.69 Å². The Kier molecular flexibility index (Phi) is 4.03. The van der Waals surface area contributed by atoms with Gasteiger partial charge in [0, 0.05) is 5.38 Å². The lowest BCUT2D eigenvalue weighted by Crippen LogP contribution is -2.65. The summed E-state index contributed by atoms with van der Waals surface area (Å²) in [6, 6.07) is -0.911. The molecule has 1 aromatic heterocycles. The molecule has 1 fully saturated rings. The Labute approximate surface area is 122 Å². The Morgan fingerprint density at radius 2 is 2.38 bits per heavy atom. The normalized spacial score (nSPS) is 18.1. The first kappa shape index (κ1) is 14.7. The van der Waals surface area contributed by atoms with Gasteiger partial charge < -0.3 is 21.0 Å². The molecule has 0 aliphatic carbocycles. The molecule has 1 aliphatic heterocycles. The van der Waals surface area contributed by atoms with Gasteiger partial charge in [-0.2, -0.15) is 0 Å². The SMILES string of the molecule is CO/N=C(\C(=O)N[C@H]1CN(C(=O)O)C1=O)c1csc(N)n1. The first-order valence-electron chi connectivity index (χ1n) is 5.61. The summed E-state index contributed by atoms with van der Waals surface area (Å²) in [5, 5.41) is 16.3. The number of oxime groups is 1. The maximum absolute atomic E-state index is 12.1. The van der Waals surface area contributed by atoms with Crippen molar-refractivity contribution in [2.45, 2.75) is 6.04 Å². The van der Waals surface area contributed by atoms with Gasteiger partial charge in [-0.05, 0) is 0 Å². The fraction of sp³-hybridized carbons (Fsp3) is 0.300. The largest absolute Gasteiger partial charge is 0.465 e. The van der Waals surface area contributed by atoms with Crippen molar-refractivity contribution in [3.63, 3.8) is 0 Å². The van der Waals surface area contributed by atoms with Crippen LogP contribution in [0.3, 0.4) is 0 Å². The zero-order chi connectivity index (χ0) is 15.6. The van der Waals surface area contributed by atoms with E-state index in [0.717, 1.165) is 11.3 Å². The van der Waals surface area contributed by atoms with E-state index in [0.29, 0.717) is 4.90 Å². The number of β-lactam (4-membered cyclic amide) rings is 1. The van der Waals surface area contributed by atoms with Crippen LogP contribution in [0.15, 0.2) is 10.5 Å². The maximum atomic E-state index is 12.1. The number of imide groups is 1. The Balaban J connectivity index is 2.06. The molecule has 1 atom stereocenters. The van der Waals surface area contributed by atoms with E-state index in [1.165, 1.54) is 12.5 Å². The molecule has 0 unspecified atom stereocenters. The highest BCUT2D eigenvalue weighted by atomic mass is 32.1. The van der Waals surface area contributed by atoms with Gasteiger partial charge in [0.25, 0.3) is 11.8 Å². The first-order chi connectivity index (χ1) is 9.93. The van der Waals surface area contributed by atoms with Crippen molar-refractivity contribution >= 4 is 40.1 Å². The van der Waals surface area contributed by atoms with E-state index in [1.54, 1.807) is 0 Å². The molecule has 1 saturated heterocycles. The minimum Gasteiger partial charge on any atom is -0.465 e. The zero-order valence-corrected chi connectivity index (χ0v) is 11.6. The molecule has 10 nitrogen and oxygen atoms in total. The van der Waals surface area contributed by atoms with Gasteiger partial charge >= 0.3 is 6.09 Å². The summed E-state index contributed by atoms with van der Waals surface area (Å²) < 4.78 is 0. The van der Waals surface area contributed by atoms with Gasteiger partial charge in [-0.1, -0.05) is 5.16 Å². The maximum Gasteiger partial charge on any atom is 0.414 e. The van der Waals surface area contributed by atoms with Crippen molar-refractivity contribution in [2.75, 3.05) is 19.4 Å². The quantitative estimate of drug-likeness (QED) is 0.370. The number of aromatic nitrogens is 1. The predicted molar refractivity (Wildman–Crippen MR) is 71.7 cm³/mol. The van der Waals surface area contributed by atoms with Crippen LogP contribution >= 0.6 is 11.3 Å². The summed E-state index contributed by atoms with van der Waals surface area (Å²) in [5.74, 6) is -1.41. The van der Waals surface area contributed by atoms with Gasteiger partial charge in [0.15, 0.2) is 10.8 Å². The number of amides is 3. The Morgan fingerprint density at radius 1 is 1.67 bits per heavy atom. The lowest BCUT2D eigenvalue weighted by Gasteiger charge is -2.34. The molecular formula is C10H11N5O5S. The number of nitrogens with zero attached hydrogens (tertiary/aromatic N) is 3. The van der Waals surface area contributed by atoms with E-state index in [-0.39, 0.29) is 23.1 Å². The van der Waals surface area contributed by atoms with E-state index in [4.69, 9.17) is 10.8 Å². The fourth-order valence-electron chi connectivity index (χ4n) is 1.62. The summed E-state index contributed by atoms with van der Waals surface area (Å²) in [6.07, 6.45) is -1.36.